The van der Waals surface area contributed by atoms with Gasteiger partial charge in [0, 0.05) is 12.2 Å². The number of nitrogens with one attached hydrogen (secondary N) is 1. The van der Waals surface area contributed by atoms with Crippen molar-refractivity contribution in [2.24, 2.45) is 0 Å². The largest absolute Gasteiger partial charge is 0.393 e. The van der Waals surface area contributed by atoms with E-state index in [1.807, 2.05) is 6.07 Å². The van der Waals surface area contributed by atoms with Crippen LogP contribution in [0.2, 0.25) is 0 Å². The number of amides is 2. The van der Waals surface area contributed by atoms with Gasteiger partial charge in [-0.1, -0.05) is 32.0 Å². The number of para-hydroxylation sites is 1. The Kier molecular flexibility index (Phi) is 6.42. The molecule has 0 aromatic heterocycles. The summed E-state index contributed by atoms with van der Waals surface area (Å²) < 4.78 is 5.47. The first-order valence-electron chi connectivity index (χ1n) is 8.51. The van der Waals surface area contributed by atoms with Gasteiger partial charge < -0.3 is 20.1 Å². The van der Waals surface area contributed by atoms with E-state index in [9.17, 15) is 9.90 Å². The summed E-state index contributed by atoms with van der Waals surface area (Å²) in [6.07, 6.45) is 1.84. The summed E-state index contributed by atoms with van der Waals surface area (Å²) >= 11 is 0. The van der Waals surface area contributed by atoms with Gasteiger partial charge in [-0.05, 0) is 37.3 Å². The fraction of sp³-hybridized carbons (Fsp3) is 0.611. The van der Waals surface area contributed by atoms with Crippen LogP contribution in [0.5, 0.6) is 0 Å². The molecule has 1 aromatic rings. The Hall–Kier alpha value is -1.59. The summed E-state index contributed by atoms with van der Waals surface area (Å²) in [5, 5.41) is 12.7. The lowest BCUT2D eigenvalue weighted by molar-refractivity contribution is -0.00161. The summed E-state index contributed by atoms with van der Waals surface area (Å²) in [5.74, 6) is 0. The van der Waals surface area contributed by atoms with E-state index in [0.717, 1.165) is 29.7 Å². The molecule has 0 spiro atoms. The smallest absolute Gasteiger partial charge is 0.322 e. The van der Waals surface area contributed by atoms with Crippen molar-refractivity contribution in [3.8, 4) is 0 Å². The molecule has 0 saturated carbocycles. The average molecular weight is 320 g/mol. The minimum Gasteiger partial charge on any atom is -0.393 e. The molecule has 1 saturated heterocycles. The van der Waals surface area contributed by atoms with Crippen molar-refractivity contribution in [1.29, 1.82) is 0 Å². The normalized spacial score (nSPS) is 19.5. The number of urea groups is 1. The molecule has 1 aliphatic rings. The third-order valence-corrected chi connectivity index (χ3v) is 4.33. The van der Waals surface area contributed by atoms with E-state index in [1.54, 1.807) is 11.8 Å². The lowest BCUT2D eigenvalue weighted by atomic mass is 10.0. The van der Waals surface area contributed by atoms with Gasteiger partial charge in [0.1, 0.15) is 0 Å². The van der Waals surface area contributed by atoms with Crippen LogP contribution in [0.1, 0.15) is 38.3 Å². The van der Waals surface area contributed by atoms with Crippen LogP contribution in [0, 0.1) is 0 Å². The van der Waals surface area contributed by atoms with Crippen LogP contribution in [0.15, 0.2) is 18.2 Å². The van der Waals surface area contributed by atoms with Crippen molar-refractivity contribution in [2.75, 3.05) is 25.1 Å². The summed E-state index contributed by atoms with van der Waals surface area (Å²) in [6.45, 7) is 7.50. The molecule has 5 nitrogen and oxygen atoms in total. The number of morpholine rings is 1. The predicted octanol–water partition coefficient (Wildman–Crippen LogP) is 2.82. The lowest BCUT2D eigenvalue weighted by Crippen LogP contribution is -2.51. The van der Waals surface area contributed by atoms with Crippen LogP contribution >= 0.6 is 0 Å². The second-order valence-corrected chi connectivity index (χ2v) is 6.10. The molecule has 0 aliphatic carbocycles. The number of aliphatic hydroxyl groups is 1. The van der Waals surface area contributed by atoms with Crippen molar-refractivity contribution in [1.82, 2.24) is 4.90 Å². The number of aryl methyl sites for hydroxylation is 2. The standard InChI is InChI=1S/C18H28N2O3/c1-4-14-7-6-8-15(5-2)17(14)19-18(22)20-9-10-23-12-16(20)11-13(3)21/h6-8,13,16,21H,4-5,9-12H2,1-3H3,(H,19,22). The van der Waals surface area contributed by atoms with Gasteiger partial charge in [0.15, 0.2) is 0 Å². The molecule has 2 N–H and O–H groups in total. The molecule has 1 heterocycles. The Morgan fingerprint density at radius 3 is 2.61 bits per heavy atom. The summed E-state index contributed by atoms with van der Waals surface area (Å²) in [7, 11) is 0. The van der Waals surface area contributed by atoms with Crippen LogP contribution in [0.3, 0.4) is 0 Å². The SMILES string of the molecule is CCc1cccc(CC)c1NC(=O)N1CCOCC1CC(C)O. The number of carbonyl (C=O) groups excluding carboxylic acids is 1. The monoisotopic (exact) mass is 320 g/mol. The third kappa shape index (κ3) is 4.45. The number of hydrogen-bond donors (Lipinski definition) is 2. The highest BCUT2D eigenvalue weighted by atomic mass is 16.5. The van der Waals surface area contributed by atoms with Gasteiger partial charge in [0.25, 0.3) is 0 Å². The Labute approximate surface area is 138 Å². The Balaban J connectivity index is 2.17. The molecular weight excluding hydrogens is 292 g/mol. The van der Waals surface area contributed by atoms with Crippen molar-refractivity contribution >= 4 is 11.7 Å². The van der Waals surface area contributed by atoms with E-state index in [2.05, 4.69) is 31.3 Å². The van der Waals surface area contributed by atoms with E-state index < -0.39 is 6.10 Å². The van der Waals surface area contributed by atoms with Crippen molar-refractivity contribution in [3.63, 3.8) is 0 Å². The van der Waals surface area contributed by atoms with Crippen molar-refractivity contribution in [3.05, 3.63) is 29.3 Å². The van der Waals surface area contributed by atoms with E-state index in [0.29, 0.717) is 26.2 Å². The molecule has 2 rings (SSSR count). The second kappa shape index (κ2) is 8.31. The molecular formula is C18H28N2O3. The first-order valence-corrected chi connectivity index (χ1v) is 8.51. The highest BCUT2D eigenvalue weighted by molar-refractivity contribution is 5.91. The molecule has 0 bridgehead atoms. The first-order chi connectivity index (χ1) is 11.1. The summed E-state index contributed by atoms with van der Waals surface area (Å²) in [6, 6.07) is 5.97. The minimum atomic E-state index is -0.453. The summed E-state index contributed by atoms with van der Waals surface area (Å²) in [4.78, 5) is 14.6. The minimum absolute atomic E-state index is 0.0809. The van der Waals surface area contributed by atoms with E-state index in [1.165, 1.54) is 0 Å². The highest BCUT2D eigenvalue weighted by Gasteiger charge is 2.28. The molecule has 2 unspecified atom stereocenters. The Bertz CT molecular complexity index is 509. The fourth-order valence-electron chi connectivity index (χ4n) is 3.09. The number of aliphatic hydroxyl groups excluding tert-OH is 1. The van der Waals surface area contributed by atoms with Crippen molar-refractivity contribution in [2.45, 2.75) is 52.2 Å². The van der Waals surface area contributed by atoms with Crippen LogP contribution in [0.25, 0.3) is 0 Å². The van der Waals surface area contributed by atoms with Gasteiger partial charge in [-0.2, -0.15) is 0 Å². The predicted molar refractivity (Wildman–Crippen MR) is 91.8 cm³/mol. The zero-order valence-electron chi connectivity index (χ0n) is 14.3. The van der Waals surface area contributed by atoms with E-state index >= 15 is 0 Å². The topological polar surface area (TPSA) is 61.8 Å². The Morgan fingerprint density at radius 2 is 2.04 bits per heavy atom. The number of rotatable bonds is 5. The van der Waals surface area contributed by atoms with Crippen LogP contribution in [-0.4, -0.2) is 47.9 Å². The number of hydrogen-bond acceptors (Lipinski definition) is 3. The zero-order valence-corrected chi connectivity index (χ0v) is 14.3. The average Bonchev–Trinajstić information content (AvgIpc) is 2.54. The maximum absolute atomic E-state index is 12.8. The molecule has 128 valence electrons. The number of ether oxygens (including phenoxy) is 1. The van der Waals surface area contributed by atoms with Gasteiger partial charge in [-0.25, -0.2) is 4.79 Å². The highest BCUT2D eigenvalue weighted by Crippen LogP contribution is 2.24. The van der Waals surface area contributed by atoms with Gasteiger partial charge in [0.05, 0.1) is 25.4 Å². The number of anilines is 1. The quantitative estimate of drug-likeness (QED) is 0.877. The number of nitrogens with zero attached hydrogens (tertiary/aromatic N) is 1. The molecule has 1 aliphatic heterocycles. The lowest BCUT2D eigenvalue weighted by Gasteiger charge is -2.36. The second-order valence-electron chi connectivity index (χ2n) is 6.10. The van der Waals surface area contributed by atoms with Gasteiger partial charge >= 0.3 is 6.03 Å². The Morgan fingerprint density at radius 1 is 1.39 bits per heavy atom. The van der Waals surface area contributed by atoms with Crippen molar-refractivity contribution < 1.29 is 14.6 Å². The number of benzene rings is 1. The number of carbonyl (C=O) groups is 1. The van der Waals surface area contributed by atoms with Crippen LogP contribution in [0.4, 0.5) is 10.5 Å². The zero-order chi connectivity index (χ0) is 16.8. The fourth-order valence-corrected chi connectivity index (χ4v) is 3.09. The third-order valence-electron chi connectivity index (χ3n) is 4.33. The van der Waals surface area contributed by atoms with Crippen LogP contribution in [-0.2, 0) is 17.6 Å². The molecule has 2 atom stereocenters. The molecule has 1 aromatic carbocycles. The van der Waals surface area contributed by atoms with Gasteiger partial charge in [-0.15, -0.1) is 0 Å². The first kappa shape index (κ1) is 17.8. The summed E-state index contributed by atoms with van der Waals surface area (Å²) in [5.41, 5.74) is 3.24. The van der Waals surface area contributed by atoms with E-state index in [4.69, 9.17) is 4.74 Å². The van der Waals surface area contributed by atoms with Gasteiger partial charge in [-0.3, -0.25) is 0 Å². The maximum Gasteiger partial charge on any atom is 0.322 e. The van der Waals surface area contributed by atoms with Crippen LogP contribution < -0.4 is 5.32 Å². The molecule has 2 amide bonds. The molecule has 1 fully saturated rings. The molecule has 5 heteroatoms. The maximum atomic E-state index is 12.8. The van der Waals surface area contributed by atoms with E-state index in [-0.39, 0.29) is 12.1 Å². The molecule has 0 radical (unpaired) electrons. The van der Waals surface area contributed by atoms with Gasteiger partial charge in [0.2, 0.25) is 0 Å². The molecule has 23 heavy (non-hydrogen) atoms.